The van der Waals surface area contributed by atoms with Gasteiger partial charge in [0.2, 0.25) is 0 Å². The van der Waals surface area contributed by atoms with Gasteiger partial charge in [0.15, 0.2) is 0 Å². The molecule has 0 bridgehead atoms. The van der Waals surface area contributed by atoms with Crippen molar-refractivity contribution in [2.75, 3.05) is 19.6 Å². The maximum Gasteiger partial charge on any atom is 0.0164 e. The minimum atomic E-state index is 0.498. The summed E-state index contributed by atoms with van der Waals surface area (Å²) in [5.74, 6) is 0.498. The minimum Gasteiger partial charge on any atom is -0.296 e. The van der Waals surface area contributed by atoms with Gasteiger partial charge in [0.25, 0.3) is 0 Å². The van der Waals surface area contributed by atoms with Crippen molar-refractivity contribution in [2.24, 2.45) is 0 Å². The second-order valence-corrected chi connectivity index (χ2v) is 7.74. The van der Waals surface area contributed by atoms with Crippen molar-refractivity contribution >= 4 is 5.57 Å². The van der Waals surface area contributed by atoms with Crippen LogP contribution >= 0.6 is 0 Å². The smallest absolute Gasteiger partial charge is 0.0164 e. The van der Waals surface area contributed by atoms with Crippen LogP contribution in [-0.4, -0.2) is 24.5 Å². The van der Waals surface area contributed by atoms with Crippen LogP contribution in [0.1, 0.15) is 47.4 Å². The van der Waals surface area contributed by atoms with Gasteiger partial charge in [0, 0.05) is 25.6 Å². The zero-order valence-corrected chi connectivity index (χ0v) is 17.2. The van der Waals surface area contributed by atoms with Gasteiger partial charge in [-0.3, -0.25) is 4.90 Å². The van der Waals surface area contributed by atoms with Gasteiger partial charge in [-0.2, -0.15) is 0 Å². The highest BCUT2D eigenvalue weighted by atomic mass is 15.1. The molecule has 28 heavy (non-hydrogen) atoms. The Morgan fingerprint density at radius 2 is 1.75 bits per heavy atom. The maximum atomic E-state index is 3.89. The number of allylic oxidation sites excluding steroid dienone is 1. The maximum absolute atomic E-state index is 3.89. The Kier molecular flexibility index (Phi) is 7.45. The molecule has 0 aliphatic heterocycles. The number of nitrogens with zero attached hydrogens (tertiary/aromatic N) is 1. The SMILES string of the molecule is C=CCN(CC=C)CCC=C(c1ccccc1C)C1CCCc2ccccc21. The minimum absolute atomic E-state index is 0.498. The summed E-state index contributed by atoms with van der Waals surface area (Å²) in [6, 6.07) is 17.9. The largest absolute Gasteiger partial charge is 0.296 e. The van der Waals surface area contributed by atoms with Crippen molar-refractivity contribution < 1.29 is 0 Å². The lowest BCUT2D eigenvalue weighted by molar-refractivity contribution is 0.342. The van der Waals surface area contributed by atoms with Crippen molar-refractivity contribution in [1.82, 2.24) is 4.90 Å². The first-order valence-electron chi connectivity index (χ1n) is 10.5. The molecule has 0 spiro atoms. The van der Waals surface area contributed by atoms with E-state index in [1.807, 2.05) is 12.2 Å². The van der Waals surface area contributed by atoms with Crippen LogP contribution in [0.15, 0.2) is 79.9 Å². The molecule has 146 valence electrons. The number of benzene rings is 2. The fourth-order valence-corrected chi connectivity index (χ4v) is 4.44. The van der Waals surface area contributed by atoms with E-state index in [-0.39, 0.29) is 0 Å². The van der Waals surface area contributed by atoms with Gasteiger partial charge in [-0.05, 0) is 60.4 Å². The monoisotopic (exact) mass is 371 g/mol. The van der Waals surface area contributed by atoms with Crippen LogP contribution in [0.3, 0.4) is 0 Å². The third-order valence-corrected chi connectivity index (χ3v) is 5.79. The molecule has 1 aliphatic rings. The second kappa shape index (κ2) is 10.2. The number of fused-ring (bicyclic) bond motifs is 1. The van der Waals surface area contributed by atoms with E-state index in [0.29, 0.717) is 5.92 Å². The molecular formula is C27H33N. The van der Waals surface area contributed by atoms with E-state index in [1.165, 1.54) is 47.1 Å². The predicted molar refractivity (Wildman–Crippen MR) is 123 cm³/mol. The van der Waals surface area contributed by atoms with Crippen LogP contribution in [0.2, 0.25) is 0 Å². The van der Waals surface area contributed by atoms with Crippen LogP contribution in [0.25, 0.3) is 5.57 Å². The summed E-state index contributed by atoms with van der Waals surface area (Å²) in [5.41, 5.74) is 7.33. The molecule has 2 aromatic carbocycles. The van der Waals surface area contributed by atoms with E-state index >= 15 is 0 Å². The predicted octanol–water partition coefficient (Wildman–Crippen LogP) is 6.56. The van der Waals surface area contributed by atoms with Crippen molar-refractivity contribution in [1.29, 1.82) is 0 Å². The van der Waals surface area contributed by atoms with Gasteiger partial charge in [-0.1, -0.05) is 66.8 Å². The Hall–Kier alpha value is -2.38. The summed E-state index contributed by atoms with van der Waals surface area (Å²) in [6.45, 7) is 12.9. The normalized spacial score (nSPS) is 16.6. The van der Waals surface area contributed by atoms with Crippen molar-refractivity contribution in [3.8, 4) is 0 Å². The average molecular weight is 372 g/mol. The van der Waals surface area contributed by atoms with Crippen molar-refractivity contribution in [3.63, 3.8) is 0 Å². The fraction of sp³-hybridized carbons (Fsp3) is 0.333. The first-order chi connectivity index (χ1) is 13.7. The standard InChI is InChI=1S/C27H33N/c1-4-19-28(20-5-2)21-11-18-26(24-15-8-6-12-22(24)3)27-17-10-14-23-13-7-9-16-25(23)27/h4-9,12-13,15-16,18,27H,1-2,10-11,14,17,19-21H2,3H3. The van der Waals surface area contributed by atoms with Gasteiger partial charge < -0.3 is 0 Å². The molecule has 0 radical (unpaired) electrons. The van der Waals surface area contributed by atoms with Crippen LogP contribution in [0, 0.1) is 6.92 Å². The molecule has 0 aromatic heterocycles. The quantitative estimate of drug-likeness (QED) is 0.451. The highest BCUT2D eigenvalue weighted by Crippen LogP contribution is 2.42. The number of rotatable bonds is 9. The van der Waals surface area contributed by atoms with Gasteiger partial charge in [-0.15, -0.1) is 13.2 Å². The Bertz CT molecular complexity index is 820. The highest BCUT2D eigenvalue weighted by Gasteiger charge is 2.24. The lowest BCUT2D eigenvalue weighted by Crippen LogP contribution is -2.24. The summed E-state index contributed by atoms with van der Waals surface area (Å²) in [5, 5.41) is 0. The third kappa shape index (κ3) is 4.91. The van der Waals surface area contributed by atoms with Gasteiger partial charge in [0.05, 0.1) is 0 Å². The molecule has 3 rings (SSSR count). The molecule has 2 aromatic rings. The first kappa shape index (κ1) is 20.4. The fourth-order valence-electron chi connectivity index (χ4n) is 4.44. The van der Waals surface area contributed by atoms with Crippen molar-refractivity contribution in [2.45, 2.75) is 38.5 Å². The Morgan fingerprint density at radius 1 is 1.04 bits per heavy atom. The Labute approximate surface area is 171 Å². The molecular weight excluding hydrogens is 338 g/mol. The Morgan fingerprint density at radius 3 is 2.50 bits per heavy atom. The molecule has 0 saturated heterocycles. The Balaban J connectivity index is 1.92. The first-order valence-corrected chi connectivity index (χ1v) is 10.5. The number of aryl methyl sites for hydroxylation is 2. The van der Waals surface area contributed by atoms with Gasteiger partial charge in [-0.25, -0.2) is 0 Å². The molecule has 1 unspecified atom stereocenters. The van der Waals surface area contributed by atoms with Crippen molar-refractivity contribution in [3.05, 3.63) is 102 Å². The topological polar surface area (TPSA) is 3.24 Å². The van der Waals surface area contributed by atoms with Crippen LogP contribution in [0.5, 0.6) is 0 Å². The zero-order valence-electron chi connectivity index (χ0n) is 17.2. The summed E-state index contributed by atoms with van der Waals surface area (Å²) in [4.78, 5) is 2.39. The van der Waals surface area contributed by atoms with Gasteiger partial charge >= 0.3 is 0 Å². The van der Waals surface area contributed by atoms with E-state index < -0.39 is 0 Å². The van der Waals surface area contributed by atoms with E-state index in [4.69, 9.17) is 0 Å². The molecule has 0 saturated carbocycles. The van der Waals surface area contributed by atoms with Crippen LogP contribution < -0.4 is 0 Å². The third-order valence-electron chi connectivity index (χ3n) is 5.79. The summed E-state index contributed by atoms with van der Waals surface area (Å²) < 4.78 is 0. The van der Waals surface area contributed by atoms with E-state index in [0.717, 1.165) is 26.1 Å². The van der Waals surface area contributed by atoms with Crippen LogP contribution in [0.4, 0.5) is 0 Å². The van der Waals surface area contributed by atoms with E-state index in [1.54, 1.807) is 0 Å². The number of hydrogen-bond donors (Lipinski definition) is 0. The molecule has 0 heterocycles. The molecule has 1 atom stereocenters. The van der Waals surface area contributed by atoms with Crippen LogP contribution in [-0.2, 0) is 6.42 Å². The lowest BCUT2D eigenvalue weighted by atomic mass is 9.75. The highest BCUT2D eigenvalue weighted by molar-refractivity contribution is 5.74. The molecule has 0 N–H and O–H groups in total. The molecule has 1 nitrogen and oxygen atoms in total. The number of hydrogen-bond acceptors (Lipinski definition) is 1. The zero-order chi connectivity index (χ0) is 19.8. The second-order valence-electron chi connectivity index (χ2n) is 7.74. The summed E-state index contributed by atoms with van der Waals surface area (Å²) in [6.07, 6.45) is 11.2. The summed E-state index contributed by atoms with van der Waals surface area (Å²) in [7, 11) is 0. The lowest BCUT2D eigenvalue weighted by Gasteiger charge is -2.29. The molecule has 1 heteroatoms. The van der Waals surface area contributed by atoms with E-state index in [2.05, 4.69) is 79.6 Å². The summed E-state index contributed by atoms with van der Waals surface area (Å²) >= 11 is 0. The molecule has 0 amide bonds. The molecule has 1 aliphatic carbocycles. The average Bonchev–Trinajstić information content (AvgIpc) is 2.72. The molecule has 0 fully saturated rings. The van der Waals surface area contributed by atoms with E-state index in [9.17, 15) is 0 Å². The van der Waals surface area contributed by atoms with Gasteiger partial charge in [0.1, 0.15) is 0 Å².